The number of benzene rings is 2. The molecule has 0 radical (unpaired) electrons. The van der Waals surface area contributed by atoms with Crippen LogP contribution in [-0.4, -0.2) is 31.6 Å². The third kappa shape index (κ3) is 6.59. The summed E-state index contributed by atoms with van der Waals surface area (Å²) < 4.78 is 34.3. The van der Waals surface area contributed by atoms with Gasteiger partial charge in [0.2, 0.25) is 5.91 Å². The summed E-state index contributed by atoms with van der Waals surface area (Å²) in [5.74, 6) is -0.913. The normalized spacial score (nSPS) is 11.9. The molecule has 2 aromatic rings. The Labute approximate surface area is 178 Å². The minimum atomic E-state index is -2.97. The second-order valence-corrected chi connectivity index (χ2v) is 7.22. The Morgan fingerprint density at radius 1 is 1.07 bits per heavy atom. The Balaban J connectivity index is 2.03. The van der Waals surface area contributed by atoms with Crippen molar-refractivity contribution in [3.63, 3.8) is 0 Å². The van der Waals surface area contributed by atoms with Crippen LogP contribution in [0.4, 0.5) is 8.78 Å². The van der Waals surface area contributed by atoms with Gasteiger partial charge in [0.05, 0.1) is 7.11 Å². The van der Waals surface area contributed by atoms with E-state index in [1.165, 1.54) is 25.3 Å². The van der Waals surface area contributed by atoms with E-state index in [0.717, 1.165) is 0 Å². The molecule has 0 aliphatic heterocycles. The highest BCUT2D eigenvalue weighted by molar-refractivity contribution is 6.30. The molecule has 2 N–H and O–H groups in total. The number of methoxy groups -OCH3 is 1. The van der Waals surface area contributed by atoms with E-state index in [1.807, 2.05) is 13.8 Å². The minimum Gasteiger partial charge on any atom is -0.493 e. The van der Waals surface area contributed by atoms with E-state index in [-0.39, 0.29) is 29.9 Å². The van der Waals surface area contributed by atoms with Gasteiger partial charge < -0.3 is 20.1 Å². The van der Waals surface area contributed by atoms with Crippen LogP contribution in [0.2, 0.25) is 5.02 Å². The smallest absolute Gasteiger partial charge is 0.387 e. The van der Waals surface area contributed by atoms with Gasteiger partial charge in [-0.05, 0) is 47.9 Å². The summed E-state index contributed by atoms with van der Waals surface area (Å²) in [5.41, 5.74) is 1.01. The van der Waals surface area contributed by atoms with Crippen LogP contribution in [0.3, 0.4) is 0 Å². The molecule has 0 aliphatic rings. The monoisotopic (exact) mass is 440 g/mol. The maximum atomic E-state index is 12.6. The number of amides is 2. The van der Waals surface area contributed by atoms with Crippen molar-refractivity contribution in [2.45, 2.75) is 33.0 Å². The second-order valence-electron chi connectivity index (χ2n) is 6.78. The molecule has 9 heteroatoms. The molecule has 0 heterocycles. The predicted octanol–water partition coefficient (Wildman–Crippen LogP) is 4.02. The van der Waals surface area contributed by atoms with Gasteiger partial charge >= 0.3 is 6.61 Å². The number of halogens is 3. The molecule has 0 bridgehead atoms. The highest BCUT2D eigenvalue weighted by atomic mass is 35.5. The van der Waals surface area contributed by atoms with Gasteiger partial charge in [0.25, 0.3) is 5.91 Å². The first kappa shape index (κ1) is 23.4. The highest BCUT2D eigenvalue weighted by Crippen LogP contribution is 2.29. The molecule has 2 amide bonds. The Morgan fingerprint density at radius 3 is 2.30 bits per heavy atom. The third-order valence-electron chi connectivity index (χ3n) is 4.25. The largest absolute Gasteiger partial charge is 0.493 e. The van der Waals surface area contributed by atoms with E-state index in [2.05, 4.69) is 15.4 Å². The first-order chi connectivity index (χ1) is 14.2. The number of hydrogen-bond donors (Lipinski definition) is 2. The van der Waals surface area contributed by atoms with E-state index in [1.54, 1.807) is 24.3 Å². The third-order valence-corrected chi connectivity index (χ3v) is 4.50. The number of rotatable bonds is 9. The van der Waals surface area contributed by atoms with Crippen molar-refractivity contribution in [3.05, 3.63) is 58.6 Å². The van der Waals surface area contributed by atoms with Gasteiger partial charge in [0.1, 0.15) is 6.04 Å². The lowest BCUT2D eigenvalue weighted by Crippen LogP contribution is -2.49. The lowest BCUT2D eigenvalue weighted by Gasteiger charge is -2.22. The molecule has 1 atom stereocenters. The summed E-state index contributed by atoms with van der Waals surface area (Å²) in [6.45, 7) is 0.766. The fraction of sp³-hybridized carbons (Fsp3) is 0.333. The van der Waals surface area contributed by atoms with E-state index < -0.39 is 18.6 Å². The minimum absolute atomic E-state index is 0.0992. The van der Waals surface area contributed by atoms with Crippen LogP contribution in [0, 0.1) is 5.92 Å². The van der Waals surface area contributed by atoms with Crippen LogP contribution >= 0.6 is 11.6 Å². The molecule has 30 heavy (non-hydrogen) atoms. The average Bonchev–Trinajstić information content (AvgIpc) is 2.70. The summed E-state index contributed by atoms with van der Waals surface area (Å²) in [5, 5.41) is 5.96. The number of carbonyl (C=O) groups excluding carboxylic acids is 2. The zero-order valence-electron chi connectivity index (χ0n) is 16.7. The number of nitrogens with one attached hydrogen (secondary N) is 2. The second kappa shape index (κ2) is 10.8. The topological polar surface area (TPSA) is 76.7 Å². The van der Waals surface area contributed by atoms with Crippen LogP contribution in [0.1, 0.15) is 29.8 Å². The van der Waals surface area contributed by atoms with Crippen LogP contribution in [0.25, 0.3) is 0 Å². The summed E-state index contributed by atoms with van der Waals surface area (Å²) in [6, 6.07) is 9.94. The summed E-state index contributed by atoms with van der Waals surface area (Å²) in [7, 11) is 1.33. The van der Waals surface area contributed by atoms with Crippen molar-refractivity contribution in [1.82, 2.24) is 10.6 Å². The molecule has 0 saturated carbocycles. The van der Waals surface area contributed by atoms with Crippen molar-refractivity contribution in [1.29, 1.82) is 0 Å². The molecule has 0 saturated heterocycles. The van der Waals surface area contributed by atoms with Gasteiger partial charge in [-0.1, -0.05) is 31.5 Å². The van der Waals surface area contributed by atoms with E-state index in [0.29, 0.717) is 16.1 Å². The Morgan fingerprint density at radius 2 is 1.73 bits per heavy atom. The summed E-state index contributed by atoms with van der Waals surface area (Å²) in [6.07, 6.45) is 0. The molecule has 2 rings (SSSR count). The van der Waals surface area contributed by atoms with Crippen molar-refractivity contribution in [3.8, 4) is 11.5 Å². The Hall–Kier alpha value is -2.87. The van der Waals surface area contributed by atoms with Gasteiger partial charge in [-0.3, -0.25) is 9.59 Å². The first-order valence-electron chi connectivity index (χ1n) is 9.17. The van der Waals surface area contributed by atoms with E-state index in [4.69, 9.17) is 16.3 Å². The molecule has 1 unspecified atom stereocenters. The van der Waals surface area contributed by atoms with E-state index >= 15 is 0 Å². The van der Waals surface area contributed by atoms with Crippen LogP contribution in [-0.2, 0) is 11.3 Å². The first-order valence-corrected chi connectivity index (χ1v) is 9.55. The van der Waals surface area contributed by atoms with Gasteiger partial charge in [0, 0.05) is 17.1 Å². The maximum absolute atomic E-state index is 12.6. The van der Waals surface area contributed by atoms with Gasteiger partial charge in [0.15, 0.2) is 11.5 Å². The highest BCUT2D eigenvalue weighted by Gasteiger charge is 2.24. The van der Waals surface area contributed by atoms with Crippen molar-refractivity contribution >= 4 is 23.4 Å². The van der Waals surface area contributed by atoms with Gasteiger partial charge in [-0.25, -0.2) is 0 Å². The number of alkyl halides is 2. The molecule has 6 nitrogen and oxygen atoms in total. The SMILES string of the molecule is COc1cc(CNC(=O)C(NC(=O)c2ccc(Cl)cc2)C(C)C)ccc1OC(F)F. The molecular formula is C21H23ClF2N2O4. The summed E-state index contributed by atoms with van der Waals surface area (Å²) in [4.78, 5) is 25.1. The average molecular weight is 441 g/mol. The predicted molar refractivity (Wildman–Crippen MR) is 109 cm³/mol. The van der Waals surface area contributed by atoms with Crippen molar-refractivity contribution in [2.24, 2.45) is 5.92 Å². The lowest BCUT2D eigenvalue weighted by atomic mass is 10.0. The molecule has 162 valence electrons. The van der Waals surface area contributed by atoms with Crippen LogP contribution in [0.15, 0.2) is 42.5 Å². The molecule has 0 spiro atoms. The summed E-state index contributed by atoms with van der Waals surface area (Å²) >= 11 is 5.83. The molecule has 2 aromatic carbocycles. The zero-order valence-corrected chi connectivity index (χ0v) is 17.5. The molecule has 0 aromatic heterocycles. The number of hydrogen-bond acceptors (Lipinski definition) is 4. The van der Waals surface area contributed by atoms with E-state index in [9.17, 15) is 18.4 Å². The fourth-order valence-electron chi connectivity index (χ4n) is 2.68. The quantitative estimate of drug-likeness (QED) is 0.617. The standard InChI is InChI=1S/C21H23ClF2N2O4/c1-12(2)18(26-19(27)14-5-7-15(22)8-6-14)20(28)25-11-13-4-9-16(30-21(23)24)17(10-13)29-3/h4-10,12,18,21H,11H2,1-3H3,(H,25,28)(H,26,27). The zero-order chi connectivity index (χ0) is 22.3. The van der Waals surface area contributed by atoms with Crippen molar-refractivity contribution < 1.29 is 27.8 Å². The van der Waals surface area contributed by atoms with Gasteiger partial charge in [-0.2, -0.15) is 8.78 Å². The fourth-order valence-corrected chi connectivity index (χ4v) is 2.80. The Kier molecular flexibility index (Phi) is 8.41. The molecule has 0 fully saturated rings. The van der Waals surface area contributed by atoms with Crippen molar-refractivity contribution in [2.75, 3.05) is 7.11 Å². The van der Waals surface area contributed by atoms with Gasteiger partial charge in [-0.15, -0.1) is 0 Å². The Bertz CT molecular complexity index is 876. The molecule has 0 aliphatic carbocycles. The maximum Gasteiger partial charge on any atom is 0.387 e. The van der Waals surface area contributed by atoms with Crippen LogP contribution in [0.5, 0.6) is 11.5 Å². The molecular weight excluding hydrogens is 418 g/mol. The van der Waals surface area contributed by atoms with Crippen LogP contribution < -0.4 is 20.1 Å². The number of ether oxygens (including phenoxy) is 2. The lowest BCUT2D eigenvalue weighted by molar-refractivity contribution is -0.124. The number of carbonyl (C=O) groups is 2.